The van der Waals surface area contributed by atoms with Gasteiger partial charge in [0, 0.05) is 24.2 Å². The number of aliphatic hydroxyl groups excluding tert-OH is 1. The Hall–Kier alpha value is -2.92. The van der Waals surface area contributed by atoms with Gasteiger partial charge in [-0.25, -0.2) is 17.8 Å². The van der Waals surface area contributed by atoms with E-state index < -0.39 is 21.9 Å². The van der Waals surface area contributed by atoms with Gasteiger partial charge in [-0.2, -0.15) is 4.31 Å². The van der Waals surface area contributed by atoms with Gasteiger partial charge in [-0.05, 0) is 49.7 Å². The van der Waals surface area contributed by atoms with Gasteiger partial charge in [0.15, 0.2) is 0 Å². The summed E-state index contributed by atoms with van der Waals surface area (Å²) in [7, 11) is -3.90. The van der Waals surface area contributed by atoms with Gasteiger partial charge in [0.05, 0.1) is 35.1 Å². The summed E-state index contributed by atoms with van der Waals surface area (Å²) in [6.07, 6.45) is 4.12. The Kier molecular flexibility index (Phi) is 6.07. The first-order valence-corrected chi connectivity index (χ1v) is 12.7. The highest BCUT2D eigenvalue weighted by Crippen LogP contribution is 2.34. The Labute approximate surface area is 197 Å². The Morgan fingerprint density at radius 2 is 1.76 bits per heavy atom. The molecule has 34 heavy (non-hydrogen) atoms. The lowest BCUT2D eigenvalue weighted by atomic mass is 10.0. The molecule has 2 aromatic carbocycles. The van der Waals surface area contributed by atoms with E-state index in [2.05, 4.69) is 14.9 Å². The highest BCUT2D eigenvalue weighted by molar-refractivity contribution is 7.89. The van der Waals surface area contributed by atoms with E-state index >= 15 is 4.39 Å². The van der Waals surface area contributed by atoms with Crippen LogP contribution in [0.15, 0.2) is 59.8 Å². The predicted octanol–water partition coefficient (Wildman–Crippen LogP) is 2.36. The van der Waals surface area contributed by atoms with Crippen molar-refractivity contribution in [3.8, 4) is 22.4 Å². The minimum Gasteiger partial charge on any atom is -0.390 e. The van der Waals surface area contributed by atoms with Crippen LogP contribution < -0.4 is 5.73 Å². The molecule has 5 rings (SSSR count). The summed E-state index contributed by atoms with van der Waals surface area (Å²) in [5.74, 6) is -0.312. The molecule has 2 aliphatic rings. The van der Waals surface area contributed by atoms with Gasteiger partial charge in [0.2, 0.25) is 10.0 Å². The molecule has 0 aliphatic carbocycles. The number of nitrogen functional groups attached to an aromatic ring is 1. The largest absolute Gasteiger partial charge is 0.390 e. The van der Waals surface area contributed by atoms with Crippen LogP contribution in [-0.4, -0.2) is 71.0 Å². The number of β-amino-alcohol motifs (C(OH)–C–C–N with tert-alkyl or cyclic N) is 1. The molecule has 0 bridgehead atoms. The fourth-order valence-electron chi connectivity index (χ4n) is 4.80. The van der Waals surface area contributed by atoms with Gasteiger partial charge in [-0.1, -0.05) is 24.3 Å². The Morgan fingerprint density at radius 3 is 2.47 bits per heavy atom. The second-order valence-electron chi connectivity index (χ2n) is 8.72. The SMILES string of the molecule is Nc1cnc(-c2ccc(-c3ccccc3S(=O)(=O)N3CC(N4CCCC4)[C@@H](O)C3)cc2F)cn1. The molecule has 178 valence electrons. The fourth-order valence-corrected chi connectivity index (χ4v) is 6.49. The predicted molar refractivity (Wildman–Crippen MR) is 127 cm³/mol. The Bertz CT molecular complexity index is 1300. The van der Waals surface area contributed by atoms with Crippen LogP contribution in [0, 0.1) is 5.82 Å². The first-order valence-electron chi connectivity index (χ1n) is 11.2. The number of aliphatic hydroxyl groups is 1. The molecule has 0 radical (unpaired) electrons. The van der Waals surface area contributed by atoms with Crippen LogP contribution >= 0.6 is 0 Å². The second kappa shape index (κ2) is 9.03. The zero-order valence-electron chi connectivity index (χ0n) is 18.5. The average Bonchev–Trinajstić information content (AvgIpc) is 3.50. The number of hydrogen-bond acceptors (Lipinski definition) is 7. The zero-order chi connectivity index (χ0) is 23.9. The van der Waals surface area contributed by atoms with Crippen molar-refractivity contribution in [2.24, 2.45) is 0 Å². The number of anilines is 1. The van der Waals surface area contributed by atoms with E-state index in [-0.39, 0.29) is 35.4 Å². The minimum absolute atomic E-state index is 0.0426. The topological polar surface area (TPSA) is 113 Å². The Balaban J connectivity index is 1.47. The number of likely N-dealkylation sites (tertiary alicyclic amines) is 1. The van der Waals surface area contributed by atoms with E-state index in [1.165, 1.54) is 28.8 Å². The lowest BCUT2D eigenvalue weighted by Gasteiger charge is -2.25. The van der Waals surface area contributed by atoms with Crippen molar-refractivity contribution in [1.29, 1.82) is 0 Å². The van der Waals surface area contributed by atoms with Crippen LogP contribution in [0.5, 0.6) is 0 Å². The number of aromatic nitrogens is 2. The molecule has 3 N–H and O–H groups in total. The number of rotatable bonds is 5. The van der Waals surface area contributed by atoms with Gasteiger partial charge < -0.3 is 10.8 Å². The highest BCUT2D eigenvalue weighted by atomic mass is 32.2. The zero-order valence-corrected chi connectivity index (χ0v) is 19.3. The number of benzene rings is 2. The van der Waals surface area contributed by atoms with Gasteiger partial charge in [0.25, 0.3) is 0 Å². The third-order valence-electron chi connectivity index (χ3n) is 6.57. The molecule has 10 heteroatoms. The summed E-state index contributed by atoms with van der Waals surface area (Å²) < 4.78 is 43.6. The van der Waals surface area contributed by atoms with Crippen molar-refractivity contribution >= 4 is 15.8 Å². The molecule has 3 aromatic rings. The van der Waals surface area contributed by atoms with Crippen LogP contribution in [0.4, 0.5) is 10.2 Å². The standard InChI is InChI=1S/C24H26FN5O3S/c25-19-11-16(7-8-18(19)20-12-28-24(26)13-27-20)17-5-1-2-6-23(17)34(32,33)30-14-21(22(31)15-30)29-9-3-4-10-29/h1-2,5-8,11-13,21-22,31H,3-4,9-10,14-15H2,(H2,26,28)/t21?,22-/m0/s1. The first kappa shape index (κ1) is 22.9. The maximum atomic E-state index is 15.0. The summed E-state index contributed by atoms with van der Waals surface area (Å²) in [4.78, 5) is 10.3. The molecule has 2 fully saturated rings. The number of halogens is 1. The number of nitrogens with two attached hydrogens (primary N) is 1. The average molecular weight is 484 g/mol. The smallest absolute Gasteiger partial charge is 0.243 e. The molecule has 1 unspecified atom stereocenters. The summed E-state index contributed by atoms with van der Waals surface area (Å²) in [5, 5.41) is 10.6. The van der Waals surface area contributed by atoms with Gasteiger partial charge >= 0.3 is 0 Å². The van der Waals surface area contributed by atoms with Gasteiger partial charge in [0.1, 0.15) is 11.6 Å². The number of nitrogens with zero attached hydrogens (tertiary/aromatic N) is 4. The third kappa shape index (κ3) is 4.18. The molecule has 0 spiro atoms. The van der Waals surface area contributed by atoms with Crippen LogP contribution in [0.1, 0.15) is 12.8 Å². The molecule has 3 heterocycles. The van der Waals surface area contributed by atoms with Gasteiger partial charge in [-0.15, -0.1) is 0 Å². The maximum absolute atomic E-state index is 15.0. The van der Waals surface area contributed by atoms with Gasteiger partial charge in [-0.3, -0.25) is 9.88 Å². The van der Waals surface area contributed by atoms with Crippen molar-refractivity contribution < 1.29 is 17.9 Å². The van der Waals surface area contributed by atoms with Crippen molar-refractivity contribution in [3.05, 3.63) is 60.7 Å². The molecular formula is C24H26FN5O3S. The minimum atomic E-state index is -3.90. The monoisotopic (exact) mass is 483 g/mol. The molecule has 2 aliphatic heterocycles. The highest BCUT2D eigenvalue weighted by Gasteiger charge is 2.42. The summed E-state index contributed by atoms with van der Waals surface area (Å²) in [6, 6.07) is 10.9. The second-order valence-corrected chi connectivity index (χ2v) is 10.6. The van der Waals surface area contributed by atoms with Crippen LogP contribution in [0.25, 0.3) is 22.4 Å². The molecule has 2 saturated heterocycles. The van der Waals surface area contributed by atoms with Crippen LogP contribution in [-0.2, 0) is 10.0 Å². The molecule has 1 aromatic heterocycles. The number of hydrogen-bond donors (Lipinski definition) is 2. The Morgan fingerprint density at radius 1 is 1.00 bits per heavy atom. The van der Waals surface area contributed by atoms with E-state index in [1.807, 2.05) is 0 Å². The summed E-state index contributed by atoms with van der Waals surface area (Å²) >= 11 is 0. The quantitative estimate of drug-likeness (QED) is 0.573. The molecule has 2 atom stereocenters. The van der Waals surface area contributed by atoms with Crippen molar-refractivity contribution in [2.45, 2.75) is 29.9 Å². The van der Waals surface area contributed by atoms with E-state index in [4.69, 9.17) is 5.73 Å². The normalized spacial score (nSPS) is 21.8. The van der Waals surface area contributed by atoms with Crippen LogP contribution in [0.2, 0.25) is 0 Å². The van der Waals surface area contributed by atoms with Crippen molar-refractivity contribution in [1.82, 2.24) is 19.2 Å². The lowest BCUT2D eigenvalue weighted by Crippen LogP contribution is -2.41. The van der Waals surface area contributed by atoms with Crippen molar-refractivity contribution in [2.75, 3.05) is 31.9 Å². The van der Waals surface area contributed by atoms with E-state index in [0.717, 1.165) is 25.9 Å². The molecule has 8 nitrogen and oxygen atoms in total. The lowest BCUT2D eigenvalue weighted by molar-refractivity contribution is 0.0983. The summed E-state index contributed by atoms with van der Waals surface area (Å²) in [6.45, 7) is 2.02. The number of sulfonamides is 1. The van der Waals surface area contributed by atoms with Crippen molar-refractivity contribution in [3.63, 3.8) is 0 Å². The first-order chi connectivity index (χ1) is 16.3. The fraction of sp³-hybridized carbons (Fsp3) is 0.333. The van der Waals surface area contributed by atoms with Crippen LogP contribution in [0.3, 0.4) is 0 Å². The van der Waals surface area contributed by atoms with E-state index in [9.17, 15) is 13.5 Å². The summed E-state index contributed by atoms with van der Waals surface area (Å²) in [5.41, 5.74) is 6.96. The molecular weight excluding hydrogens is 457 g/mol. The molecule has 0 amide bonds. The third-order valence-corrected chi connectivity index (χ3v) is 8.46. The molecule has 0 saturated carbocycles. The van der Waals surface area contributed by atoms with E-state index in [1.54, 1.807) is 30.3 Å². The maximum Gasteiger partial charge on any atom is 0.243 e. The van der Waals surface area contributed by atoms with E-state index in [0.29, 0.717) is 16.8 Å².